The third-order valence-corrected chi connectivity index (χ3v) is 5.47. The van der Waals surface area contributed by atoms with Gasteiger partial charge in [0.1, 0.15) is 5.75 Å². The van der Waals surface area contributed by atoms with Crippen molar-refractivity contribution in [3.05, 3.63) is 78.1 Å². The molecule has 2 aromatic heterocycles. The quantitative estimate of drug-likeness (QED) is 0.429. The lowest BCUT2D eigenvalue weighted by Crippen LogP contribution is -2.04. The molecule has 0 spiro atoms. The van der Waals surface area contributed by atoms with E-state index in [-0.39, 0.29) is 11.4 Å². The van der Waals surface area contributed by atoms with E-state index in [2.05, 4.69) is 4.98 Å². The number of benzene rings is 2. The van der Waals surface area contributed by atoms with Gasteiger partial charge in [0.05, 0.1) is 10.3 Å². The topological polar surface area (TPSA) is 70.1 Å². The lowest BCUT2D eigenvalue weighted by molar-refractivity contribution is 0.411. The number of nitrogens with zero attached hydrogens (tertiary/aromatic N) is 2. The Kier molecular flexibility index (Phi) is 6.47. The maximum atomic E-state index is 14.1. The zero-order valence-corrected chi connectivity index (χ0v) is 17.5. The van der Waals surface area contributed by atoms with Crippen LogP contribution in [0.4, 0.5) is 14.5 Å². The van der Waals surface area contributed by atoms with Gasteiger partial charge in [0.15, 0.2) is 34.0 Å². The van der Waals surface area contributed by atoms with Gasteiger partial charge in [-0.2, -0.15) is 0 Å². The molecule has 0 saturated carbocycles. The van der Waals surface area contributed by atoms with Crippen LogP contribution in [0, 0.1) is 18.6 Å². The summed E-state index contributed by atoms with van der Waals surface area (Å²) in [5.41, 5.74) is 6.50. The summed E-state index contributed by atoms with van der Waals surface area (Å²) in [6.45, 7) is 5.78. The standard InChI is InChI=1S/C20H15F2N3O2S.C2H6/c1-12-11-25(28(26)14-5-3-2-4-6-14)20-18(12)17(7-8-24-20)27-19-15(21)9-13(23)10-16(19)22;1-2/h2-11H,23H2,1H3;1-2H3. The van der Waals surface area contributed by atoms with Crippen LogP contribution < -0.4 is 10.5 Å². The molecule has 4 rings (SSSR count). The van der Waals surface area contributed by atoms with Gasteiger partial charge in [0.2, 0.25) is 0 Å². The van der Waals surface area contributed by atoms with Crippen molar-refractivity contribution >= 4 is 27.7 Å². The molecule has 0 aliphatic rings. The Balaban J connectivity index is 0.00000124. The van der Waals surface area contributed by atoms with Gasteiger partial charge in [-0.05, 0) is 30.7 Å². The highest BCUT2D eigenvalue weighted by Crippen LogP contribution is 2.35. The molecule has 0 bridgehead atoms. The van der Waals surface area contributed by atoms with Gasteiger partial charge in [-0.15, -0.1) is 0 Å². The summed E-state index contributed by atoms with van der Waals surface area (Å²) in [5, 5.41) is 0.516. The summed E-state index contributed by atoms with van der Waals surface area (Å²) >= 11 is 0. The Labute approximate surface area is 175 Å². The Bertz CT molecular complexity index is 1190. The van der Waals surface area contributed by atoms with E-state index in [1.165, 1.54) is 16.2 Å². The fraction of sp³-hybridized carbons (Fsp3) is 0.136. The van der Waals surface area contributed by atoms with Gasteiger partial charge in [-0.3, -0.25) is 0 Å². The van der Waals surface area contributed by atoms with Crippen molar-refractivity contribution in [1.82, 2.24) is 8.96 Å². The van der Waals surface area contributed by atoms with Crippen molar-refractivity contribution in [2.75, 3.05) is 5.73 Å². The van der Waals surface area contributed by atoms with Gasteiger partial charge in [-0.1, -0.05) is 32.0 Å². The van der Waals surface area contributed by atoms with Crippen LogP contribution in [0.15, 0.2) is 65.8 Å². The number of hydrogen-bond acceptors (Lipinski definition) is 4. The van der Waals surface area contributed by atoms with Gasteiger partial charge in [0.25, 0.3) is 0 Å². The number of halogens is 2. The molecule has 4 aromatic rings. The average molecular weight is 429 g/mol. The highest BCUT2D eigenvalue weighted by atomic mass is 32.2. The van der Waals surface area contributed by atoms with E-state index in [4.69, 9.17) is 10.5 Å². The van der Waals surface area contributed by atoms with Crippen LogP contribution in [0.1, 0.15) is 19.4 Å². The molecule has 0 aliphatic heterocycles. The molecule has 8 heteroatoms. The summed E-state index contributed by atoms with van der Waals surface area (Å²) in [5.74, 6) is -2.17. The Morgan fingerprint density at radius 2 is 1.70 bits per heavy atom. The molecule has 0 radical (unpaired) electrons. The van der Waals surface area contributed by atoms with E-state index < -0.39 is 28.4 Å². The second-order valence-electron chi connectivity index (χ2n) is 6.12. The number of nitrogen functional groups attached to an aromatic ring is 1. The molecular weight excluding hydrogens is 408 g/mol. The fourth-order valence-corrected chi connectivity index (χ4v) is 4.09. The predicted molar refractivity (Wildman–Crippen MR) is 115 cm³/mol. The number of pyridine rings is 1. The molecule has 0 aliphatic carbocycles. The molecule has 1 atom stereocenters. The first kappa shape index (κ1) is 21.4. The normalized spacial score (nSPS) is 11.6. The summed E-state index contributed by atoms with van der Waals surface area (Å²) in [7, 11) is -1.53. The third kappa shape index (κ3) is 4.04. The van der Waals surface area contributed by atoms with Crippen LogP contribution in [0.2, 0.25) is 0 Å². The molecule has 2 heterocycles. The molecule has 30 heavy (non-hydrogen) atoms. The number of anilines is 1. The van der Waals surface area contributed by atoms with Gasteiger partial charge < -0.3 is 10.5 Å². The molecule has 1 unspecified atom stereocenters. The van der Waals surface area contributed by atoms with Crippen LogP contribution in [0.5, 0.6) is 11.5 Å². The second-order valence-corrected chi connectivity index (χ2v) is 7.49. The van der Waals surface area contributed by atoms with E-state index >= 15 is 0 Å². The fourth-order valence-electron chi connectivity index (χ4n) is 2.92. The van der Waals surface area contributed by atoms with Crippen molar-refractivity contribution in [3.63, 3.8) is 0 Å². The van der Waals surface area contributed by atoms with Crippen molar-refractivity contribution in [2.24, 2.45) is 0 Å². The zero-order chi connectivity index (χ0) is 21.8. The number of aromatic nitrogens is 2. The van der Waals surface area contributed by atoms with E-state index in [0.29, 0.717) is 21.5 Å². The summed E-state index contributed by atoms with van der Waals surface area (Å²) < 4.78 is 48.3. The number of aryl methyl sites for hydroxylation is 1. The molecule has 5 nitrogen and oxygen atoms in total. The number of fused-ring (bicyclic) bond motifs is 1. The number of nitrogens with two attached hydrogens (primary N) is 1. The van der Waals surface area contributed by atoms with E-state index in [0.717, 1.165) is 12.1 Å². The smallest absolute Gasteiger partial charge is 0.198 e. The minimum Gasteiger partial charge on any atom is -0.450 e. The van der Waals surface area contributed by atoms with Gasteiger partial charge in [0, 0.05) is 30.2 Å². The molecule has 0 amide bonds. The average Bonchev–Trinajstić information content (AvgIpc) is 3.09. The van der Waals surface area contributed by atoms with Crippen LogP contribution in [0.25, 0.3) is 11.0 Å². The molecule has 156 valence electrons. The van der Waals surface area contributed by atoms with E-state index in [1.807, 2.05) is 19.9 Å². The molecular formula is C22H21F2N3O2S. The highest BCUT2D eigenvalue weighted by Gasteiger charge is 2.19. The molecule has 2 aromatic carbocycles. The van der Waals surface area contributed by atoms with E-state index in [9.17, 15) is 13.0 Å². The van der Waals surface area contributed by atoms with Crippen molar-refractivity contribution in [2.45, 2.75) is 25.7 Å². The first-order valence-electron chi connectivity index (χ1n) is 9.32. The first-order chi connectivity index (χ1) is 14.5. The first-order valence-corrected chi connectivity index (χ1v) is 10.4. The Morgan fingerprint density at radius 1 is 1.07 bits per heavy atom. The number of hydrogen-bond donors (Lipinski definition) is 1. The Hall–Kier alpha value is -3.26. The van der Waals surface area contributed by atoms with Crippen LogP contribution in [-0.2, 0) is 11.0 Å². The third-order valence-electron chi connectivity index (χ3n) is 4.16. The van der Waals surface area contributed by atoms with Gasteiger partial charge in [-0.25, -0.2) is 21.9 Å². The summed E-state index contributed by atoms with van der Waals surface area (Å²) in [6, 6.07) is 12.4. The largest absolute Gasteiger partial charge is 0.450 e. The van der Waals surface area contributed by atoms with Crippen LogP contribution >= 0.6 is 0 Å². The van der Waals surface area contributed by atoms with Crippen molar-refractivity contribution in [3.8, 4) is 11.5 Å². The molecule has 0 saturated heterocycles. The van der Waals surface area contributed by atoms with Gasteiger partial charge >= 0.3 is 0 Å². The van der Waals surface area contributed by atoms with Crippen LogP contribution in [-0.4, -0.2) is 13.2 Å². The zero-order valence-electron chi connectivity index (χ0n) is 16.7. The second kappa shape index (κ2) is 9.04. The maximum Gasteiger partial charge on any atom is 0.198 e. The lowest BCUT2D eigenvalue weighted by Gasteiger charge is -2.10. The van der Waals surface area contributed by atoms with Crippen molar-refractivity contribution in [1.29, 1.82) is 0 Å². The molecule has 2 N–H and O–H groups in total. The minimum absolute atomic E-state index is 0.0391. The SMILES string of the molecule is CC.Cc1cn(S(=O)c2ccccc2)c2nccc(Oc3c(F)cc(N)cc3F)c12. The monoisotopic (exact) mass is 429 g/mol. The molecule has 0 fully saturated rings. The highest BCUT2D eigenvalue weighted by molar-refractivity contribution is 7.83. The Morgan fingerprint density at radius 3 is 2.33 bits per heavy atom. The number of rotatable bonds is 4. The van der Waals surface area contributed by atoms with Crippen molar-refractivity contribution < 1.29 is 17.7 Å². The van der Waals surface area contributed by atoms with E-state index in [1.54, 1.807) is 37.4 Å². The minimum atomic E-state index is -1.53. The lowest BCUT2D eigenvalue weighted by atomic mass is 10.2. The predicted octanol–water partition coefficient (Wildman–Crippen LogP) is 5.59. The van der Waals surface area contributed by atoms with Crippen LogP contribution in [0.3, 0.4) is 0 Å². The summed E-state index contributed by atoms with van der Waals surface area (Å²) in [4.78, 5) is 4.89. The maximum absolute atomic E-state index is 14.1. The summed E-state index contributed by atoms with van der Waals surface area (Å²) in [6.07, 6.45) is 3.10. The number of ether oxygens (including phenoxy) is 1.